The summed E-state index contributed by atoms with van der Waals surface area (Å²) in [6.45, 7) is 4.87. The van der Waals surface area contributed by atoms with Gasteiger partial charge in [0.05, 0.1) is 0 Å². The monoisotopic (exact) mass is 476 g/mol. The second-order valence-corrected chi connectivity index (χ2v) is 8.50. The van der Waals surface area contributed by atoms with Gasteiger partial charge in [-0.1, -0.05) is 36.4 Å². The molecule has 3 rings (SSSR count). The number of esters is 1. The summed E-state index contributed by atoms with van der Waals surface area (Å²) in [5.41, 5.74) is 2.45. The van der Waals surface area contributed by atoms with E-state index in [-0.39, 0.29) is 46.6 Å². The Balaban J connectivity index is 0.00000385. The van der Waals surface area contributed by atoms with E-state index in [0.29, 0.717) is 5.56 Å². The number of hydrogen-bond acceptors (Lipinski definition) is 7. The zero-order valence-electron chi connectivity index (χ0n) is 18.8. The summed E-state index contributed by atoms with van der Waals surface area (Å²) in [6.07, 6.45) is -1.11. The van der Waals surface area contributed by atoms with Crippen molar-refractivity contribution in [1.29, 1.82) is 0 Å². The van der Waals surface area contributed by atoms with Crippen molar-refractivity contribution < 1.29 is 62.4 Å². The maximum atomic E-state index is 12.9. The van der Waals surface area contributed by atoms with E-state index in [4.69, 9.17) is 13.8 Å². The predicted molar refractivity (Wildman–Crippen MR) is 117 cm³/mol. The fraction of sp³-hybridized carbons (Fsp3) is 0.167. The summed E-state index contributed by atoms with van der Waals surface area (Å²) >= 11 is 0. The van der Waals surface area contributed by atoms with Gasteiger partial charge in [0.15, 0.2) is 6.10 Å². The summed E-state index contributed by atoms with van der Waals surface area (Å²) in [5, 5.41) is 0. The van der Waals surface area contributed by atoms with E-state index in [1.165, 1.54) is 31.2 Å². The van der Waals surface area contributed by atoms with Crippen LogP contribution in [0.1, 0.15) is 40.1 Å². The van der Waals surface area contributed by atoms with Crippen molar-refractivity contribution in [3.63, 3.8) is 0 Å². The number of benzene rings is 3. The SMILES string of the molecule is CC(=O)OC(C(=O)c1ccc(OP(=O)([O-])Oc2cc(C)cc(C)c2)cc1)c1ccccc1.[Na+]. The first-order valence-corrected chi connectivity index (χ1v) is 11.2. The summed E-state index contributed by atoms with van der Waals surface area (Å²) in [6, 6.07) is 19.1. The predicted octanol–water partition coefficient (Wildman–Crippen LogP) is 1.72. The Kier molecular flexibility index (Phi) is 9.46. The quantitative estimate of drug-likeness (QED) is 0.211. The third-order valence-corrected chi connectivity index (χ3v) is 5.26. The fourth-order valence-corrected chi connectivity index (χ4v) is 3.94. The van der Waals surface area contributed by atoms with Crippen molar-refractivity contribution in [3.8, 4) is 11.5 Å². The first-order valence-electron chi connectivity index (χ1n) is 9.78. The Morgan fingerprint density at radius 1 is 0.848 bits per heavy atom. The molecule has 0 saturated carbocycles. The number of hydrogen-bond donors (Lipinski definition) is 0. The molecular weight excluding hydrogens is 454 g/mol. The van der Waals surface area contributed by atoms with Crippen LogP contribution in [0.2, 0.25) is 0 Å². The molecule has 0 aliphatic carbocycles. The van der Waals surface area contributed by atoms with Crippen LogP contribution in [0.4, 0.5) is 0 Å². The summed E-state index contributed by atoms with van der Waals surface area (Å²) in [4.78, 5) is 36.7. The number of ether oxygens (including phenoxy) is 1. The van der Waals surface area contributed by atoms with Crippen LogP contribution in [0, 0.1) is 13.8 Å². The van der Waals surface area contributed by atoms with Gasteiger partial charge in [0.2, 0.25) is 5.78 Å². The van der Waals surface area contributed by atoms with Gasteiger partial charge in [0.25, 0.3) is 0 Å². The van der Waals surface area contributed by atoms with Crippen molar-refractivity contribution in [2.24, 2.45) is 0 Å². The van der Waals surface area contributed by atoms with E-state index in [0.717, 1.165) is 11.1 Å². The molecule has 33 heavy (non-hydrogen) atoms. The molecule has 3 aromatic rings. The third-order valence-electron chi connectivity index (χ3n) is 4.39. The minimum Gasteiger partial charge on any atom is -0.736 e. The van der Waals surface area contributed by atoms with Crippen LogP contribution in [0.5, 0.6) is 11.5 Å². The van der Waals surface area contributed by atoms with Crippen LogP contribution < -0.4 is 43.5 Å². The normalized spacial score (nSPS) is 13.1. The molecule has 7 nitrogen and oxygen atoms in total. The van der Waals surface area contributed by atoms with Gasteiger partial charge in [-0.2, -0.15) is 0 Å². The number of carbonyl (C=O) groups is 2. The molecule has 0 spiro atoms. The Bertz CT molecular complexity index is 1140. The van der Waals surface area contributed by atoms with Gasteiger partial charge < -0.3 is 18.7 Å². The fourth-order valence-electron chi connectivity index (χ4n) is 3.16. The summed E-state index contributed by atoms with van der Waals surface area (Å²) in [5.74, 6) is -0.912. The van der Waals surface area contributed by atoms with Crippen LogP contribution in [0.15, 0.2) is 72.8 Å². The molecular formula is C24H22NaO7P. The van der Waals surface area contributed by atoms with E-state index < -0.39 is 25.7 Å². The number of rotatable bonds is 8. The standard InChI is InChI=1S/C24H23O7P.Na/c1-16-13-17(2)15-22(14-16)31-32(27,28)30-21-11-9-19(10-12-21)23(26)24(29-18(3)25)20-7-5-4-6-8-20;/h4-15,24H,1-3H3,(H,27,28);/q;+1/p-1. The van der Waals surface area contributed by atoms with E-state index in [1.54, 1.807) is 42.5 Å². The molecule has 0 heterocycles. The van der Waals surface area contributed by atoms with E-state index >= 15 is 0 Å². The van der Waals surface area contributed by atoms with Crippen LogP contribution in [-0.2, 0) is 14.1 Å². The Morgan fingerprint density at radius 3 is 1.94 bits per heavy atom. The van der Waals surface area contributed by atoms with Gasteiger partial charge in [-0.15, -0.1) is 0 Å². The van der Waals surface area contributed by atoms with Gasteiger partial charge in [-0.25, -0.2) is 4.57 Å². The van der Waals surface area contributed by atoms with Crippen molar-refractivity contribution in [2.75, 3.05) is 0 Å². The van der Waals surface area contributed by atoms with Gasteiger partial charge in [-0.05, 0) is 61.4 Å². The number of carbonyl (C=O) groups excluding carboxylic acids is 2. The second-order valence-electron chi connectivity index (χ2n) is 7.24. The first-order chi connectivity index (χ1) is 15.1. The Hall–Kier alpha value is -2.41. The van der Waals surface area contributed by atoms with E-state index in [9.17, 15) is 19.0 Å². The smallest absolute Gasteiger partial charge is 0.736 e. The van der Waals surface area contributed by atoms with E-state index in [1.807, 2.05) is 19.9 Å². The second kappa shape index (κ2) is 11.6. The minimum absolute atomic E-state index is 0. The number of phosphoric acid groups is 1. The summed E-state index contributed by atoms with van der Waals surface area (Å²) < 4.78 is 27.5. The molecule has 2 atom stereocenters. The minimum atomic E-state index is -4.70. The zero-order chi connectivity index (χ0) is 23.3. The molecule has 166 valence electrons. The number of Topliss-reactive ketones (excluding diaryl/α,β-unsaturated/α-hetero) is 1. The molecule has 0 aliphatic rings. The number of ketones is 1. The zero-order valence-corrected chi connectivity index (χ0v) is 21.7. The molecule has 0 saturated heterocycles. The molecule has 3 aromatic carbocycles. The Labute approximate surface area is 214 Å². The molecule has 0 radical (unpaired) electrons. The van der Waals surface area contributed by atoms with Crippen molar-refractivity contribution in [1.82, 2.24) is 0 Å². The van der Waals surface area contributed by atoms with Crippen LogP contribution in [-0.4, -0.2) is 11.8 Å². The van der Waals surface area contributed by atoms with Crippen molar-refractivity contribution in [2.45, 2.75) is 26.9 Å². The topological polar surface area (TPSA) is 102 Å². The van der Waals surface area contributed by atoms with Gasteiger partial charge in [0.1, 0.15) is 11.5 Å². The van der Waals surface area contributed by atoms with E-state index in [2.05, 4.69) is 0 Å². The average molecular weight is 476 g/mol. The third kappa shape index (κ3) is 7.84. The van der Waals surface area contributed by atoms with Gasteiger partial charge >= 0.3 is 43.3 Å². The molecule has 2 unspecified atom stereocenters. The largest absolute Gasteiger partial charge is 1.00 e. The molecule has 0 aliphatic heterocycles. The molecule has 0 fully saturated rings. The average Bonchev–Trinajstić information content (AvgIpc) is 2.71. The van der Waals surface area contributed by atoms with Crippen molar-refractivity contribution >= 4 is 19.6 Å². The first kappa shape index (κ1) is 26.8. The molecule has 0 amide bonds. The molecule has 0 N–H and O–H groups in total. The maximum Gasteiger partial charge on any atom is 1.00 e. The molecule has 9 heteroatoms. The van der Waals surface area contributed by atoms with Gasteiger partial charge in [0, 0.05) is 18.1 Å². The number of aryl methyl sites for hydroxylation is 2. The summed E-state index contributed by atoms with van der Waals surface area (Å²) in [7, 11) is -4.70. The van der Waals surface area contributed by atoms with Gasteiger partial charge in [-0.3, -0.25) is 9.59 Å². The Morgan fingerprint density at radius 2 is 1.39 bits per heavy atom. The molecule has 0 bridgehead atoms. The van der Waals surface area contributed by atoms with Crippen LogP contribution in [0.25, 0.3) is 0 Å². The van der Waals surface area contributed by atoms with Crippen molar-refractivity contribution in [3.05, 3.63) is 95.1 Å². The maximum absolute atomic E-state index is 12.9. The number of phosphoric ester groups is 1. The molecule has 0 aromatic heterocycles. The van der Waals surface area contributed by atoms with Crippen LogP contribution >= 0.6 is 7.82 Å². The van der Waals surface area contributed by atoms with Crippen LogP contribution in [0.3, 0.4) is 0 Å².